The maximum absolute atomic E-state index is 12.0. The van der Waals surface area contributed by atoms with Gasteiger partial charge in [0.2, 0.25) is 5.91 Å². The van der Waals surface area contributed by atoms with Crippen LogP contribution < -0.4 is 10.6 Å². The fourth-order valence-corrected chi connectivity index (χ4v) is 2.12. The minimum Gasteiger partial charge on any atom is -0.324 e. The third-order valence-electron chi connectivity index (χ3n) is 3.28. The number of hydrogen-bond donors (Lipinski definition) is 2. The maximum Gasteiger partial charge on any atom is 0.271 e. The fourth-order valence-electron chi connectivity index (χ4n) is 2.12. The van der Waals surface area contributed by atoms with Crippen molar-refractivity contribution in [2.75, 3.05) is 38.0 Å². The van der Waals surface area contributed by atoms with Crippen LogP contribution in [0.25, 0.3) is 0 Å². The molecule has 0 aliphatic carbocycles. The number of halogens is 1. The predicted octanol–water partition coefficient (Wildman–Crippen LogP) is 1.17. The van der Waals surface area contributed by atoms with Crippen LogP contribution in [0.3, 0.4) is 0 Å². The van der Waals surface area contributed by atoms with E-state index in [-0.39, 0.29) is 24.0 Å². The van der Waals surface area contributed by atoms with Gasteiger partial charge in [-0.3, -0.25) is 19.8 Å². The minimum atomic E-state index is -0.467. The van der Waals surface area contributed by atoms with E-state index < -0.39 is 4.92 Å². The van der Waals surface area contributed by atoms with E-state index in [0.717, 1.165) is 31.7 Å². The van der Waals surface area contributed by atoms with Crippen LogP contribution in [0, 0.1) is 17.0 Å². The highest BCUT2D eigenvalue weighted by Crippen LogP contribution is 2.21. The van der Waals surface area contributed by atoms with Gasteiger partial charge < -0.3 is 10.6 Å². The summed E-state index contributed by atoms with van der Waals surface area (Å²) in [6, 6.07) is 4.46. The number of rotatable bonds is 4. The van der Waals surface area contributed by atoms with E-state index in [1.54, 1.807) is 6.07 Å². The summed E-state index contributed by atoms with van der Waals surface area (Å²) in [7, 11) is 0. The molecule has 0 saturated carbocycles. The monoisotopic (exact) mass is 314 g/mol. The second-order valence-corrected chi connectivity index (χ2v) is 4.83. The van der Waals surface area contributed by atoms with Gasteiger partial charge in [0.25, 0.3) is 5.69 Å². The average molecular weight is 315 g/mol. The summed E-state index contributed by atoms with van der Waals surface area (Å²) in [5, 5.41) is 16.7. The molecule has 1 aliphatic heterocycles. The van der Waals surface area contributed by atoms with E-state index in [1.165, 1.54) is 12.1 Å². The lowest BCUT2D eigenvalue weighted by Crippen LogP contribution is -2.46. The number of carbonyl (C=O) groups is 1. The first kappa shape index (κ1) is 17.4. The van der Waals surface area contributed by atoms with Gasteiger partial charge in [0.05, 0.1) is 17.2 Å². The molecule has 2 N–H and O–H groups in total. The van der Waals surface area contributed by atoms with Crippen molar-refractivity contribution >= 4 is 29.7 Å². The molecule has 1 aliphatic rings. The molecule has 1 saturated heterocycles. The number of non-ortho nitro benzene ring substituents is 1. The standard InChI is InChI=1S/C13H18N4O3.ClH/c1-10-2-3-11(17(19)20)8-12(10)15-13(18)9-16-6-4-14-5-7-16;/h2-3,8,14H,4-7,9H2,1H3,(H,15,18);1H. The van der Waals surface area contributed by atoms with Gasteiger partial charge >= 0.3 is 0 Å². The zero-order valence-electron chi connectivity index (χ0n) is 11.8. The quantitative estimate of drug-likeness (QED) is 0.643. The van der Waals surface area contributed by atoms with Gasteiger partial charge in [-0.2, -0.15) is 0 Å². The molecule has 0 bridgehead atoms. The van der Waals surface area contributed by atoms with Crippen molar-refractivity contribution in [3.63, 3.8) is 0 Å². The normalized spacial score (nSPS) is 15.1. The van der Waals surface area contributed by atoms with Crippen molar-refractivity contribution < 1.29 is 9.72 Å². The first-order valence-electron chi connectivity index (χ1n) is 6.54. The number of nitrogens with zero attached hydrogens (tertiary/aromatic N) is 2. The number of nitrogens with one attached hydrogen (secondary N) is 2. The van der Waals surface area contributed by atoms with Crippen LogP contribution in [0.1, 0.15) is 5.56 Å². The Morgan fingerprint density at radius 1 is 1.43 bits per heavy atom. The van der Waals surface area contributed by atoms with Crippen LogP contribution in [0.5, 0.6) is 0 Å². The molecule has 0 spiro atoms. The molecular weight excluding hydrogens is 296 g/mol. The molecule has 1 amide bonds. The summed E-state index contributed by atoms with van der Waals surface area (Å²) < 4.78 is 0. The lowest BCUT2D eigenvalue weighted by molar-refractivity contribution is -0.384. The first-order valence-corrected chi connectivity index (χ1v) is 6.54. The van der Waals surface area contributed by atoms with E-state index in [9.17, 15) is 14.9 Å². The van der Waals surface area contributed by atoms with Gasteiger partial charge in [0.15, 0.2) is 0 Å². The van der Waals surface area contributed by atoms with Gasteiger partial charge in [-0.15, -0.1) is 12.4 Å². The van der Waals surface area contributed by atoms with E-state index >= 15 is 0 Å². The molecule has 116 valence electrons. The van der Waals surface area contributed by atoms with E-state index in [2.05, 4.69) is 15.5 Å². The fraction of sp³-hybridized carbons (Fsp3) is 0.462. The number of nitro groups is 1. The Morgan fingerprint density at radius 3 is 2.71 bits per heavy atom. The number of carbonyl (C=O) groups excluding carboxylic acids is 1. The summed E-state index contributed by atoms with van der Waals surface area (Å²) in [5.41, 5.74) is 1.29. The Morgan fingerprint density at radius 2 is 2.10 bits per heavy atom. The number of hydrogen-bond acceptors (Lipinski definition) is 5. The van der Waals surface area contributed by atoms with Gasteiger partial charge in [-0.1, -0.05) is 6.07 Å². The molecule has 0 aromatic heterocycles. The van der Waals surface area contributed by atoms with Crippen LogP contribution in [-0.2, 0) is 4.79 Å². The van der Waals surface area contributed by atoms with E-state index in [1.807, 2.05) is 6.92 Å². The zero-order valence-corrected chi connectivity index (χ0v) is 12.6. The molecule has 1 fully saturated rings. The first-order chi connectivity index (χ1) is 9.56. The van der Waals surface area contributed by atoms with E-state index in [4.69, 9.17) is 0 Å². The number of amides is 1. The molecule has 1 aromatic carbocycles. The SMILES string of the molecule is Cc1ccc([N+](=O)[O-])cc1NC(=O)CN1CCNCC1.Cl. The summed E-state index contributed by atoms with van der Waals surface area (Å²) in [6.45, 7) is 5.54. The Labute approximate surface area is 129 Å². The Balaban J connectivity index is 0.00000220. The molecule has 1 aromatic rings. The molecule has 1 heterocycles. The minimum absolute atomic E-state index is 0. The van der Waals surface area contributed by atoms with E-state index in [0.29, 0.717) is 12.2 Å². The third-order valence-corrected chi connectivity index (χ3v) is 3.28. The van der Waals surface area contributed by atoms with Crippen LogP contribution in [0.4, 0.5) is 11.4 Å². The molecule has 7 nitrogen and oxygen atoms in total. The number of nitro benzene ring substituents is 1. The van der Waals surface area contributed by atoms with Crippen LogP contribution in [0.2, 0.25) is 0 Å². The zero-order chi connectivity index (χ0) is 14.5. The Kier molecular flexibility index (Phi) is 6.54. The number of aryl methyl sites for hydroxylation is 1. The second kappa shape index (κ2) is 7.92. The molecule has 0 unspecified atom stereocenters. The van der Waals surface area contributed by atoms with Crippen LogP contribution in [0.15, 0.2) is 18.2 Å². The summed E-state index contributed by atoms with van der Waals surface area (Å²) in [5.74, 6) is -0.143. The Bertz CT molecular complexity index is 518. The maximum atomic E-state index is 12.0. The molecule has 2 rings (SSSR count). The molecular formula is C13H19ClN4O3. The molecule has 21 heavy (non-hydrogen) atoms. The lowest BCUT2D eigenvalue weighted by Gasteiger charge is -2.26. The molecule has 0 atom stereocenters. The largest absolute Gasteiger partial charge is 0.324 e. The highest BCUT2D eigenvalue weighted by Gasteiger charge is 2.15. The van der Waals surface area contributed by atoms with Crippen molar-refractivity contribution in [2.24, 2.45) is 0 Å². The number of benzene rings is 1. The van der Waals surface area contributed by atoms with Gasteiger partial charge in [-0.25, -0.2) is 0 Å². The molecule has 8 heteroatoms. The molecule has 0 radical (unpaired) electrons. The number of anilines is 1. The lowest BCUT2D eigenvalue weighted by atomic mass is 10.2. The third kappa shape index (κ3) is 4.96. The number of piperazine rings is 1. The average Bonchev–Trinajstić information content (AvgIpc) is 2.42. The van der Waals surface area contributed by atoms with Gasteiger partial charge in [0.1, 0.15) is 0 Å². The summed E-state index contributed by atoms with van der Waals surface area (Å²) in [4.78, 5) is 24.3. The topological polar surface area (TPSA) is 87.5 Å². The second-order valence-electron chi connectivity index (χ2n) is 4.83. The van der Waals surface area contributed by atoms with Gasteiger partial charge in [0, 0.05) is 38.3 Å². The van der Waals surface area contributed by atoms with Crippen molar-refractivity contribution in [2.45, 2.75) is 6.92 Å². The van der Waals surface area contributed by atoms with Crippen molar-refractivity contribution in [1.82, 2.24) is 10.2 Å². The predicted molar refractivity (Wildman–Crippen MR) is 83.0 cm³/mol. The van der Waals surface area contributed by atoms with Crippen molar-refractivity contribution in [3.05, 3.63) is 33.9 Å². The highest BCUT2D eigenvalue weighted by atomic mass is 35.5. The van der Waals surface area contributed by atoms with Crippen LogP contribution in [-0.4, -0.2) is 48.5 Å². The summed E-state index contributed by atoms with van der Waals surface area (Å²) in [6.07, 6.45) is 0. The van der Waals surface area contributed by atoms with Crippen LogP contribution >= 0.6 is 12.4 Å². The van der Waals surface area contributed by atoms with Crippen molar-refractivity contribution in [3.8, 4) is 0 Å². The van der Waals surface area contributed by atoms with Crippen molar-refractivity contribution in [1.29, 1.82) is 0 Å². The highest BCUT2D eigenvalue weighted by molar-refractivity contribution is 5.93. The summed E-state index contributed by atoms with van der Waals surface area (Å²) >= 11 is 0. The Hall–Kier alpha value is -1.70. The van der Waals surface area contributed by atoms with Gasteiger partial charge in [-0.05, 0) is 12.5 Å². The smallest absolute Gasteiger partial charge is 0.271 e.